The second-order valence-electron chi connectivity index (χ2n) is 4.87. The van der Waals surface area contributed by atoms with E-state index in [1.54, 1.807) is 20.8 Å². The summed E-state index contributed by atoms with van der Waals surface area (Å²) in [5.41, 5.74) is -0.714. The molecule has 0 aliphatic heterocycles. The van der Waals surface area contributed by atoms with Crippen molar-refractivity contribution in [3.8, 4) is 5.75 Å². The molecule has 4 nitrogen and oxygen atoms in total. The van der Waals surface area contributed by atoms with Crippen LogP contribution in [0.15, 0.2) is 22.7 Å². The first-order valence-electron chi connectivity index (χ1n) is 5.80. The Kier molecular flexibility index (Phi) is 5.31. The number of carbonyl (C=O) groups is 1. The Morgan fingerprint density at radius 3 is 2.74 bits per heavy atom. The lowest BCUT2D eigenvalue weighted by atomic mass is 10.1. The van der Waals surface area contributed by atoms with Gasteiger partial charge in [0.1, 0.15) is 11.6 Å². The molecule has 1 aromatic carbocycles. The minimum absolute atomic E-state index is 0.175. The molecule has 1 aromatic rings. The number of aliphatic hydroxyl groups is 1. The summed E-state index contributed by atoms with van der Waals surface area (Å²) in [5.74, 6) is -0.362. The SMILES string of the molecule is CC(Oc1ccc(F)cc1Br)C(=O)NC(C)(C)CO. The third-order valence-corrected chi connectivity index (χ3v) is 3.04. The van der Waals surface area contributed by atoms with Gasteiger partial charge in [-0.15, -0.1) is 0 Å². The van der Waals surface area contributed by atoms with E-state index in [0.29, 0.717) is 10.2 Å². The average Bonchev–Trinajstić information content (AvgIpc) is 2.32. The molecule has 6 heteroatoms. The highest BCUT2D eigenvalue weighted by molar-refractivity contribution is 9.10. The topological polar surface area (TPSA) is 58.6 Å². The first kappa shape index (κ1) is 15.9. The van der Waals surface area contributed by atoms with Crippen LogP contribution in [0.25, 0.3) is 0 Å². The minimum atomic E-state index is -0.757. The van der Waals surface area contributed by atoms with Crippen molar-refractivity contribution in [3.05, 3.63) is 28.5 Å². The van der Waals surface area contributed by atoms with Crippen molar-refractivity contribution in [3.63, 3.8) is 0 Å². The number of rotatable bonds is 5. The number of benzene rings is 1. The van der Waals surface area contributed by atoms with E-state index < -0.39 is 17.5 Å². The molecule has 0 spiro atoms. The van der Waals surface area contributed by atoms with Crippen LogP contribution in [-0.2, 0) is 4.79 Å². The van der Waals surface area contributed by atoms with Crippen LogP contribution in [0, 0.1) is 5.82 Å². The van der Waals surface area contributed by atoms with Gasteiger partial charge < -0.3 is 15.2 Å². The molecule has 0 saturated heterocycles. The number of carbonyl (C=O) groups excluding carboxylic acids is 1. The summed E-state index contributed by atoms with van der Waals surface area (Å²) in [5, 5.41) is 11.7. The third-order valence-electron chi connectivity index (χ3n) is 2.42. The lowest BCUT2D eigenvalue weighted by Crippen LogP contribution is -2.50. The summed E-state index contributed by atoms with van der Waals surface area (Å²) in [7, 11) is 0. The molecule has 1 atom stereocenters. The molecule has 106 valence electrons. The van der Waals surface area contributed by atoms with E-state index in [1.165, 1.54) is 18.2 Å². The predicted molar refractivity (Wildman–Crippen MR) is 73.5 cm³/mol. The zero-order valence-corrected chi connectivity index (χ0v) is 12.6. The summed E-state index contributed by atoms with van der Waals surface area (Å²) in [6.45, 7) is 4.81. The van der Waals surface area contributed by atoms with Crippen molar-refractivity contribution in [1.82, 2.24) is 5.32 Å². The van der Waals surface area contributed by atoms with Gasteiger partial charge in [-0.05, 0) is 54.9 Å². The van der Waals surface area contributed by atoms with Crippen LogP contribution in [-0.4, -0.2) is 29.3 Å². The maximum atomic E-state index is 12.9. The van der Waals surface area contributed by atoms with Crippen molar-refractivity contribution < 1.29 is 19.0 Å². The van der Waals surface area contributed by atoms with Crippen LogP contribution in [0.5, 0.6) is 5.75 Å². The standard InChI is InChI=1S/C13H17BrFNO3/c1-8(12(18)16-13(2,3)7-17)19-11-5-4-9(15)6-10(11)14/h4-6,8,17H,7H2,1-3H3,(H,16,18). The summed E-state index contributed by atoms with van der Waals surface area (Å²) in [6.07, 6.45) is -0.757. The summed E-state index contributed by atoms with van der Waals surface area (Å²) >= 11 is 3.16. The molecule has 0 aliphatic carbocycles. The number of nitrogens with one attached hydrogen (secondary N) is 1. The van der Waals surface area contributed by atoms with Gasteiger partial charge in [-0.2, -0.15) is 0 Å². The predicted octanol–water partition coefficient (Wildman–Crippen LogP) is 2.24. The van der Waals surface area contributed by atoms with Crippen LogP contribution in [0.2, 0.25) is 0 Å². The van der Waals surface area contributed by atoms with Crippen molar-refractivity contribution in [2.45, 2.75) is 32.4 Å². The van der Waals surface area contributed by atoms with E-state index in [1.807, 2.05) is 0 Å². The molecule has 0 bridgehead atoms. The molecule has 0 aliphatic rings. The van der Waals surface area contributed by atoms with Crippen molar-refractivity contribution >= 4 is 21.8 Å². The molecule has 0 fully saturated rings. The van der Waals surface area contributed by atoms with Gasteiger partial charge in [-0.1, -0.05) is 0 Å². The zero-order valence-electron chi connectivity index (χ0n) is 11.0. The summed E-state index contributed by atoms with van der Waals surface area (Å²) < 4.78 is 18.8. The smallest absolute Gasteiger partial charge is 0.261 e. The third kappa shape index (κ3) is 4.80. The Hall–Kier alpha value is -1.14. The number of halogens is 2. The Balaban J connectivity index is 2.69. The van der Waals surface area contributed by atoms with Gasteiger partial charge in [0.2, 0.25) is 0 Å². The van der Waals surface area contributed by atoms with E-state index in [4.69, 9.17) is 9.84 Å². The molecule has 0 radical (unpaired) electrons. The average molecular weight is 334 g/mol. The van der Waals surface area contributed by atoms with Crippen LogP contribution < -0.4 is 10.1 Å². The highest BCUT2D eigenvalue weighted by Gasteiger charge is 2.24. The van der Waals surface area contributed by atoms with Crippen molar-refractivity contribution in [2.24, 2.45) is 0 Å². The zero-order chi connectivity index (χ0) is 14.6. The Bertz CT molecular complexity index is 465. The minimum Gasteiger partial charge on any atom is -0.480 e. The first-order valence-corrected chi connectivity index (χ1v) is 6.59. The first-order chi connectivity index (χ1) is 8.75. The van der Waals surface area contributed by atoms with Gasteiger partial charge in [-0.25, -0.2) is 4.39 Å². The van der Waals surface area contributed by atoms with Crippen LogP contribution >= 0.6 is 15.9 Å². The fourth-order valence-corrected chi connectivity index (χ4v) is 1.73. The molecule has 2 N–H and O–H groups in total. The van der Waals surface area contributed by atoms with E-state index in [-0.39, 0.29) is 12.5 Å². The molecule has 1 unspecified atom stereocenters. The highest BCUT2D eigenvalue weighted by atomic mass is 79.9. The Morgan fingerprint density at radius 2 is 2.21 bits per heavy atom. The monoisotopic (exact) mass is 333 g/mol. The number of aliphatic hydroxyl groups excluding tert-OH is 1. The lowest BCUT2D eigenvalue weighted by molar-refractivity contribution is -0.129. The number of hydrogen-bond donors (Lipinski definition) is 2. The highest BCUT2D eigenvalue weighted by Crippen LogP contribution is 2.26. The van der Waals surface area contributed by atoms with E-state index in [2.05, 4.69) is 21.2 Å². The Morgan fingerprint density at radius 1 is 1.58 bits per heavy atom. The molecule has 1 rings (SSSR count). The normalized spacial score (nSPS) is 12.9. The van der Waals surface area contributed by atoms with Gasteiger partial charge in [0.25, 0.3) is 5.91 Å². The number of hydrogen-bond acceptors (Lipinski definition) is 3. The Labute approximate surface area is 120 Å². The molecule has 1 amide bonds. The van der Waals surface area contributed by atoms with Crippen LogP contribution in [0.4, 0.5) is 4.39 Å². The summed E-state index contributed by atoms with van der Waals surface area (Å²) in [6, 6.07) is 3.96. The van der Waals surface area contributed by atoms with Crippen molar-refractivity contribution in [2.75, 3.05) is 6.61 Å². The van der Waals surface area contributed by atoms with Crippen molar-refractivity contribution in [1.29, 1.82) is 0 Å². The van der Waals surface area contributed by atoms with Gasteiger partial charge in [0.15, 0.2) is 6.10 Å². The molecule has 0 saturated carbocycles. The van der Waals surface area contributed by atoms with Gasteiger partial charge in [-0.3, -0.25) is 4.79 Å². The quantitative estimate of drug-likeness (QED) is 0.868. The summed E-state index contributed by atoms with van der Waals surface area (Å²) in [4.78, 5) is 11.9. The largest absolute Gasteiger partial charge is 0.480 e. The number of ether oxygens (including phenoxy) is 1. The van der Waals surface area contributed by atoms with Gasteiger partial charge in [0, 0.05) is 0 Å². The maximum Gasteiger partial charge on any atom is 0.261 e. The van der Waals surface area contributed by atoms with Crippen LogP contribution in [0.3, 0.4) is 0 Å². The fourth-order valence-electron chi connectivity index (χ4n) is 1.29. The van der Waals surface area contributed by atoms with Gasteiger partial charge in [0.05, 0.1) is 16.6 Å². The molecule has 19 heavy (non-hydrogen) atoms. The van der Waals surface area contributed by atoms with E-state index in [0.717, 1.165) is 0 Å². The maximum absolute atomic E-state index is 12.9. The van der Waals surface area contributed by atoms with E-state index in [9.17, 15) is 9.18 Å². The molecular weight excluding hydrogens is 317 g/mol. The number of amides is 1. The lowest BCUT2D eigenvalue weighted by Gasteiger charge is -2.26. The molecular formula is C13H17BrFNO3. The molecule has 0 aromatic heterocycles. The van der Waals surface area contributed by atoms with Crippen LogP contribution in [0.1, 0.15) is 20.8 Å². The second-order valence-corrected chi connectivity index (χ2v) is 5.72. The fraction of sp³-hybridized carbons (Fsp3) is 0.462. The van der Waals surface area contributed by atoms with Gasteiger partial charge >= 0.3 is 0 Å². The van der Waals surface area contributed by atoms with E-state index >= 15 is 0 Å². The second kappa shape index (κ2) is 6.34. The molecule has 0 heterocycles.